The summed E-state index contributed by atoms with van der Waals surface area (Å²) in [5.74, 6) is 1.09. The summed E-state index contributed by atoms with van der Waals surface area (Å²) in [4.78, 5) is 19.8. The van der Waals surface area contributed by atoms with E-state index in [1.165, 1.54) is 11.3 Å². The number of thiophene rings is 1. The molecule has 0 radical (unpaired) electrons. The van der Waals surface area contributed by atoms with Gasteiger partial charge in [-0.2, -0.15) is 4.98 Å². The fourth-order valence-electron chi connectivity index (χ4n) is 2.57. The quantitative estimate of drug-likeness (QED) is 0.574. The molecule has 1 amide bonds. The number of rotatable bonds is 7. The van der Waals surface area contributed by atoms with Crippen molar-refractivity contribution in [3.63, 3.8) is 0 Å². The number of halogens is 1. The molecule has 3 aromatic rings. The predicted molar refractivity (Wildman–Crippen MR) is 104 cm³/mol. The molecule has 1 atom stereocenters. The average Bonchev–Trinajstić information content (AvgIpc) is 3.34. The molecular formula is C19H20ClN3O2S. The third kappa shape index (κ3) is 4.31. The third-order valence-electron chi connectivity index (χ3n) is 4.25. The highest BCUT2D eigenvalue weighted by molar-refractivity contribution is 7.12. The van der Waals surface area contributed by atoms with Gasteiger partial charge in [-0.15, -0.1) is 11.3 Å². The predicted octanol–water partition coefficient (Wildman–Crippen LogP) is 4.93. The lowest BCUT2D eigenvalue weighted by atomic mass is 10.2. The number of hydrogen-bond acceptors (Lipinski definition) is 5. The second kappa shape index (κ2) is 8.47. The Balaban J connectivity index is 1.69. The zero-order valence-electron chi connectivity index (χ0n) is 14.7. The Labute approximate surface area is 161 Å². The second-order valence-corrected chi connectivity index (χ2v) is 7.39. The minimum Gasteiger partial charge on any atom is -0.339 e. The number of amides is 1. The van der Waals surface area contributed by atoms with Gasteiger partial charge in [0.15, 0.2) is 0 Å². The van der Waals surface area contributed by atoms with Crippen LogP contribution < -0.4 is 0 Å². The van der Waals surface area contributed by atoms with Crippen molar-refractivity contribution in [3.8, 4) is 11.4 Å². The van der Waals surface area contributed by atoms with Gasteiger partial charge in [0.05, 0.1) is 4.88 Å². The number of benzene rings is 1. The summed E-state index contributed by atoms with van der Waals surface area (Å²) < 4.78 is 5.35. The molecule has 136 valence electrons. The van der Waals surface area contributed by atoms with Crippen LogP contribution in [0.15, 0.2) is 46.3 Å². The standard InChI is InChI=1S/C19H20ClN3O2S/c1-3-13(2)23(19(24)16-5-4-12-26-16)11-10-17-21-18(22-25-17)14-6-8-15(20)9-7-14/h4-9,12-13H,3,10-11H2,1-2H3/t13-/m0/s1. The summed E-state index contributed by atoms with van der Waals surface area (Å²) in [5, 5.41) is 6.60. The maximum Gasteiger partial charge on any atom is 0.264 e. The SMILES string of the molecule is CC[C@H](C)N(CCc1nc(-c2ccc(Cl)cc2)no1)C(=O)c1cccs1. The minimum atomic E-state index is 0.0480. The van der Waals surface area contributed by atoms with Crippen molar-refractivity contribution in [2.24, 2.45) is 0 Å². The van der Waals surface area contributed by atoms with Crippen molar-refractivity contribution < 1.29 is 9.32 Å². The first-order valence-electron chi connectivity index (χ1n) is 8.51. The van der Waals surface area contributed by atoms with Crippen LogP contribution in [-0.4, -0.2) is 33.5 Å². The molecule has 0 spiro atoms. The van der Waals surface area contributed by atoms with E-state index >= 15 is 0 Å². The maximum absolute atomic E-state index is 12.7. The zero-order chi connectivity index (χ0) is 18.5. The van der Waals surface area contributed by atoms with E-state index in [2.05, 4.69) is 24.0 Å². The van der Waals surface area contributed by atoms with Crippen LogP contribution in [0.4, 0.5) is 0 Å². The molecule has 26 heavy (non-hydrogen) atoms. The number of carbonyl (C=O) groups excluding carboxylic acids is 1. The molecule has 7 heteroatoms. The number of hydrogen-bond donors (Lipinski definition) is 0. The lowest BCUT2D eigenvalue weighted by Crippen LogP contribution is -2.39. The van der Waals surface area contributed by atoms with E-state index in [4.69, 9.17) is 16.1 Å². The highest BCUT2D eigenvalue weighted by Crippen LogP contribution is 2.20. The molecule has 0 saturated heterocycles. The molecule has 0 aliphatic heterocycles. The average molecular weight is 390 g/mol. The van der Waals surface area contributed by atoms with Gasteiger partial charge in [0.1, 0.15) is 0 Å². The summed E-state index contributed by atoms with van der Waals surface area (Å²) in [6, 6.07) is 11.2. The topological polar surface area (TPSA) is 59.2 Å². The van der Waals surface area contributed by atoms with Crippen LogP contribution in [0.1, 0.15) is 35.8 Å². The third-order valence-corrected chi connectivity index (χ3v) is 5.36. The number of nitrogens with zero attached hydrogens (tertiary/aromatic N) is 3. The van der Waals surface area contributed by atoms with Crippen LogP contribution in [0.5, 0.6) is 0 Å². The van der Waals surface area contributed by atoms with Crippen LogP contribution >= 0.6 is 22.9 Å². The van der Waals surface area contributed by atoms with Gasteiger partial charge in [-0.3, -0.25) is 4.79 Å². The molecule has 2 aromatic heterocycles. The molecule has 0 unspecified atom stereocenters. The minimum absolute atomic E-state index is 0.0480. The van der Waals surface area contributed by atoms with Crippen molar-refractivity contribution in [1.82, 2.24) is 15.0 Å². The molecule has 2 heterocycles. The normalized spacial score (nSPS) is 12.1. The molecule has 0 fully saturated rings. The fraction of sp³-hybridized carbons (Fsp3) is 0.316. The van der Waals surface area contributed by atoms with E-state index in [1.807, 2.05) is 34.5 Å². The van der Waals surface area contributed by atoms with Crippen molar-refractivity contribution in [2.75, 3.05) is 6.54 Å². The Kier molecular flexibility index (Phi) is 6.06. The van der Waals surface area contributed by atoms with E-state index in [0.29, 0.717) is 29.7 Å². The van der Waals surface area contributed by atoms with Crippen LogP contribution in [-0.2, 0) is 6.42 Å². The second-order valence-electron chi connectivity index (χ2n) is 6.00. The van der Waals surface area contributed by atoms with E-state index in [1.54, 1.807) is 12.1 Å². The van der Waals surface area contributed by atoms with Gasteiger partial charge in [-0.1, -0.05) is 29.7 Å². The molecule has 0 saturated carbocycles. The van der Waals surface area contributed by atoms with Gasteiger partial charge >= 0.3 is 0 Å². The van der Waals surface area contributed by atoms with Gasteiger partial charge in [0, 0.05) is 29.6 Å². The monoisotopic (exact) mass is 389 g/mol. The van der Waals surface area contributed by atoms with Crippen LogP contribution in [0.25, 0.3) is 11.4 Å². The maximum atomic E-state index is 12.7. The van der Waals surface area contributed by atoms with Crippen molar-refractivity contribution >= 4 is 28.8 Å². The van der Waals surface area contributed by atoms with Crippen LogP contribution in [0.2, 0.25) is 5.02 Å². The van der Waals surface area contributed by atoms with E-state index < -0.39 is 0 Å². The first kappa shape index (κ1) is 18.6. The van der Waals surface area contributed by atoms with Gasteiger partial charge in [-0.25, -0.2) is 0 Å². The Hall–Kier alpha value is -2.18. The summed E-state index contributed by atoms with van der Waals surface area (Å²) in [7, 11) is 0. The zero-order valence-corrected chi connectivity index (χ0v) is 16.3. The van der Waals surface area contributed by atoms with Crippen molar-refractivity contribution in [2.45, 2.75) is 32.7 Å². The van der Waals surface area contributed by atoms with Gasteiger partial charge < -0.3 is 9.42 Å². The smallest absolute Gasteiger partial charge is 0.264 e. The molecule has 1 aromatic carbocycles. The molecule has 5 nitrogen and oxygen atoms in total. The van der Waals surface area contributed by atoms with Crippen LogP contribution in [0.3, 0.4) is 0 Å². The van der Waals surface area contributed by atoms with E-state index in [0.717, 1.165) is 16.9 Å². The Morgan fingerprint density at radius 3 is 2.73 bits per heavy atom. The van der Waals surface area contributed by atoms with Crippen molar-refractivity contribution in [1.29, 1.82) is 0 Å². The Morgan fingerprint density at radius 1 is 1.31 bits per heavy atom. The summed E-state index contributed by atoms with van der Waals surface area (Å²) in [6.07, 6.45) is 1.40. The van der Waals surface area contributed by atoms with Crippen LogP contribution in [0, 0.1) is 0 Å². The van der Waals surface area contributed by atoms with Crippen molar-refractivity contribution in [3.05, 3.63) is 57.6 Å². The Morgan fingerprint density at radius 2 is 2.08 bits per heavy atom. The molecular weight excluding hydrogens is 370 g/mol. The van der Waals surface area contributed by atoms with E-state index in [-0.39, 0.29) is 11.9 Å². The number of aromatic nitrogens is 2. The van der Waals surface area contributed by atoms with Gasteiger partial charge in [0.25, 0.3) is 5.91 Å². The van der Waals surface area contributed by atoms with Gasteiger partial charge in [-0.05, 0) is 49.1 Å². The summed E-state index contributed by atoms with van der Waals surface area (Å²) in [6.45, 7) is 4.66. The number of carbonyl (C=O) groups is 1. The summed E-state index contributed by atoms with van der Waals surface area (Å²) >= 11 is 7.36. The molecule has 0 aliphatic rings. The van der Waals surface area contributed by atoms with Gasteiger partial charge in [0.2, 0.25) is 11.7 Å². The highest BCUT2D eigenvalue weighted by Gasteiger charge is 2.22. The molecule has 0 N–H and O–H groups in total. The highest BCUT2D eigenvalue weighted by atomic mass is 35.5. The molecule has 0 bridgehead atoms. The fourth-order valence-corrected chi connectivity index (χ4v) is 3.38. The largest absolute Gasteiger partial charge is 0.339 e. The first-order chi connectivity index (χ1) is 12.6. The Bertz CT molecular complexity index is 846. The lowest BCUT2D eigenvalue weighted by molar-refractivity contribution is 0.0691. The first-order valence-corrected chi connectivity index (χ1v) is 9.77. The lowest BCUT2D eigenvalue weighted by Gasteiger charge is -2.27. The van der Waals surface area contributed by atoms with E-state index in [9.17, 15) is 4.79 Å². The molecule has 0 aliphatic carbocycles. The molecule has 3 rings (SSSR count). The summed E-state index contributed by atoms with van der Waals surface area (Å²) in [5.41, 5.74) is 0.845.